The van der Waals surface area contributed by atoms with Crippen LogP contribution in [0.25, 0.3) is 22.5 Å². The molecule has 20 heteroatoms. The van der Waals surface area contributed by atoms with Crippen molar-refractivity contribution in [1.29, 1.82) is 0 Å². The lowest BCUT2D eigenvalue weighted by Gasteiger charge is -2.33. The fourth-order valence-corrected chi connectivity index (χ4v) is 12.2. The molecule has 0 spiro atoms. The summed E-state index contributed by atoms with van der Waals surface area (Å²) in [7, 11) is -7.29. The first-order chi connectivity index (χ1) is 27.7. The summed E-state index contributed by atoms with van der Waals surface area (Å²) in [5, 5.41) is 6.04. The number of hydrogen-bond donors (Lipinski definition) is 0. The first kappa shape index (κ1) is 42.7. The Bertz CT molecular complexity index is 2630. The molecule has 58 heavy (non-hydrogen) atoms. The maximum Gasteiger partial charge on any atom is 0.244 e. The summed E-state index contributed by atoms with van der Waals surface area (Å²) in [5.41, 5.74) is 2.55. The molecule has 2 aliphatic rings. The van der Waals surface area contributed by atoms with E-state index in [0.29, 0.717) is 79.9 Å². The van der Waals surface area contributed by atoms with Gasteiger partial charge in [-0.25, -0.2) is 35.6 Å². The molecule has 2 aliphatic heterocycles. The number of hydrogen-bond acceptors (Lipinski definition) is 10. The van der Waals surface area contributed by atoms with Crippen molar-refractivity contribution >= 4 is 99.4 Å². The summed E-state index contributed by atoms with van der Waals surface area (Å²) in [6.45, 7) is 3.33. The zero-order chi connectivity index (χ0) is 41.2. The van der Waals surface area contributed by atoms with Crippen LogP contribution in [-0.2, 0) is 20.0 Å². The molecular formula is C38H32Cl4F2N6O4S4. The van der Waals surface area contributed by atoms with Gasteiger partial charge in [0.2, 0.25) is 20.0 Å². The summed E-state index contributed by atoms with van der Waals surface area (Å²) in [5.74, 6) is -0.905. The van der Waals surface area contributed by atoms with Gasteiger partial charge < -0.3 is 9.80 Å². The Labute approximate surface area is 362 Å². The van der Waals surface area contributed by atoms with Crippen LogP contribution in [0.5, 0.6) is 0 Å². The number of aromatic nitrogens is 2. The van der Waals surface area contributed by atoms with Gasteiger partial charge >= 0.3 is 0 Å². The minimum absolute atomic E-state index is 0.0695. The molecular weight excluding hydrogens is 913 g/mol. The quantitative estimate of drug-likeness (QED) is 0.149. The number of benzene rings is 4. The second-order valence-electron chi connectivity index (χ2n) is 13.0. The molecule has 0 amide bonds. The van der Waals surface area contributed by atoms with E-state index in [2.05, 4.69) is 9.97 Å². The van der Waals surface area contributed by atoms with Crippen LogP contribution in [0.3, 0.4) is 0 Å². The van der Waals surface area contributed by atoms with Crippen molar-refractivity contribution < 1.29 is 25.6 Å². The largest absolute Gasteiger partial charge is 0.345 e. The van der Waals surface area contributed by atoms with E-state index >= 15 is 0 Å². The Balaban J connectivity index is 0.000000177. The van der Waals surface area contributed by atoms with E-state index in [1.807, 2.05) is 20.6 Å². The topological polar surface area (TPSA) is 107 Å². The van der Waals surface area contributed by atoms with Crippen LogP contribution in [0.4, 0.5) is 19.0 Å². The molecule has 0 unspecified atom stereocenters. The molecule has 6 aromatic rings. The van der Waals surface area contributed by atoms with Crippen LogP contribution in [-0.4, -0.2) is 87.8 Å². The third kappa shape index (κ3) is 9.46. The van der Waals surface area contributed by atoms with Crippen LogP contribution < -0.4 is 9.80 Å². The number of nitrogens with zero attached hydrogens (tertiary/aromatic N) is 6. The van der Waals surface area contributed by atoms with Crippen LogP contribution in [0.1, 0.15) is 0 Å². The van der Waals surface area contributed by atoms with Gasteiger partial charge in [0, 0.05) is 79.3 Å². The second-order valence-corrected chi connectivity index (χ2v) is 20.1. The fourth-order valence-electron chi connectivity index (χ4n) is 6.27. The first-order valence-electron chi connectivity index (χ1n) is 17.5. The van der Waals surface area contributed by atoms with Crippen molar-refractivity contribution in [1.82, 2.24) is 18.6 Å². The third-order valence-corrected chi connectivity index (χ3v) is 16.4. The van der Waals surface area contributed by atoms with Gasteiger partial charge in [-0.3, -0.25) is 0 Å². The van der Waals surface area contributed by atoms with Crippen LogP contribution in [0.2, 0.25) is 20.1 Å². The third-order valence-electron chi connectivity index (χ3n) is 9.29. The summed E-state index contributed by atoms with van der Waals surface area (Å²) >= 11 is 26.7. The van der Waals surface area contributed by atoms with E-state index in [9.17, 15) is 25.6 Å². The number of piperazine rings is 2. The molecule has 0 atom stereocenters. The zero-order valence-corrected chi connectivity index (χ0v) is 36.4. The predicted molar refractivity (Wildman–Crippen MR) is 230 cm³/mol. The fraction of sp³-hybridized carbons (Fsp3) is 0.211. The maximum absolute atomic E-state index is 13.7. The smallest absolute Gasteiger partial charge is 0.244 e. The number of thiazole rings is 2. The van der Waals surface area contributed by atoms with E-state index in [-0.39, 0.29) is 24.9 Å². The van der Waals surface area contributed by atoms with Gasteiger partial charge in [-0.2, -0.15) is 8.61 Å². The molecule has 0 aliphatic carbocycles. The van der Waals surface area contributed by atoms with E-state index in [0.717, 1.165) is 10.3 Å². The molecule has 2 fully saturated rings. The highest BCUT2D eigenvalue weighted by Gasteiger charge is 2.32. The molecule has 4 aromatic carbocycles. The summed E-state index contributed by atoms with van der Waals surface area (Å²) < 4.78 is 81.7. The molecule has 4 heterocycles. The lowest BCUT2D eigenvalue weighted by atomic mass is 10.2. The van der Waals surface area contributed by atoms with Gasteiger partial charge in [0.15, 0.2) is 10.3 Å². The lowest BCUT2D eigenvalue weighted by Crippen LogP contribution is -2.48. The highest BCUT2D eigenvalue weighted by atomic mass is 35.5. The number of sulfonamides is 2. The van der Waals surface area contributed by atoms with Crippen molar-refractivity contribution in [2.24, 2.45) is 0 Å². The minimum atomic E-state index is -3.64. The van der Waals surface area contributed by atoms with Crippen LogP contribution >= 0.6 is 69.1 Å². The highest BCUT2D eigenvalue weighted by molar-refractivity contribution is 7.89. The molecule has 0 radical (unpaired) electrons. The van der Waals surface area contributed by atoms with Gasteiger partial charge in [0.25, 0.3) is 0 Å². The second kappa shape index (κ2) is 18.1. The predicted octanol–water partition coefficient (Wildman–Crippen LogP) is 9.53. The Morgan fingerprint density at radius 3 is 1.45 bits per heavy atom. The monoisotopic (exact) mass is 942 g/mol. The number of halogens is 6. The van der Waals surface area contributed by atoms with Crippen molar-refractivity contribution in [3.63, 3.8) is 0 Å². The van der Waals surface area contributed by atoms with Crippen molar-refractivity contribution in [2.75, 3.05) is 62.2 Å². The Hall–Kier alpha value is -3.42. The Morgan fingerprint density at radius 1 is 0.534 bits per heavy atom. The van der Waals surface area contributed by atoms with Gasteiger partial charge in [-0.15, -0.1) is 22.7 Å². The average molecular weight is 945 g/mol. The normalized spacial score (nSPS) is 15.6. The van der Waals surface area contributed by atoms with E-state index in [1.54, 1.807) is 48.5 Å². The maximum atomic E-state index is 13.7. The standard InChI is InChI=1S/2C19H16Cl2FN3O2S2/c20-14-9-13(10-15(22)11-14)17-12-28-19(23-17)24-5-7-25(8-6-24)29(26,27)18-4-2-1-3-16(18)21;20-14-6-5-13(11-16(14)22)17-12-28-19(23-17)24-7-9-25(10-8-24)29(26,27)18-4-2-1-3-15(18)21/h1-4,9-12H,5-8H2;1-6,11-12H,7-10H2. The van der Waals surface area contributed by atoms with Crippen molar-refractivity contribution in [3.05, 3.63) is 127 Å². The van der Waals surface area contributed by atoms with Crippen LogP contribution in [0, 0.1) is 11.6 Å². The van der Waals surface area contributed by atoms with Gasteiger partial charge in [0.1, 0.15) is 21.4 Å². The SMILES string of the molecule is O=S(=O)(c1ccccc1Cl)N1CCN(c2nc(-c3cc(F)cc(Cl)c3)cs2)CC1.O=S(=O)(c1ccccc1Cl)N1CCN(c2nc(-c3ccc(Cl)c(F)c3)cs2)CC1. The molecule has 8 rings (SSSR count). The highest BCUT2D eigenvalue weighted by Crippen LogP contribution is 2.33. The summed E-state index contributed by atoms with van der Waals surface area (Å²) in [4.78, 5) is 13.4. The van der Waals surface area contributed by atoms with E-state index in [4.69, 9.17) is 46.4 Å². The number of anilines is 2. The first-order valence-corrected chi connectivity index (χ1v) is 23.7. The Kier molecular flexibility index (Phi) is 13.3. The zero-order valence-electron chi connectivity index (χ0n) is 30.1. The Morgan fingerprint density at radius 2 is 1.00 bits per heavy atom. The summed E-state index contributed by atoms with van der Waals surface area (Å²) in [6.07, 6.45) is 0. The van der Waals surface area contributed by atoms with Crippen molar-refractivity contribution in [3.8, 4) is 22.5 Å². The average Bonchev–Trinajstić information content (AvgIpc) is 3.91. The molecule has 2 saturated heterocycles. The van der Waals surface area contributed by atoms with Crippen LogP contribution in [0.15, 0.2) is 105 Å². The summed E-state index contributed by atoms with van der Waals surface area (Å²) in [6, 6.07) is 21.8. The molecule has 0 bridgehead atoms. The van der Waals surface area contributed by atoms with E-state index < -0.39 is 31.7 Å². The van der Waals surface area contributed by atoms with Crippen molar-refractivity contribution in [2.45, 2.75) is 9.79 Å². The lowest BCUT2D eigenvalue weighted by molar-refractivity contribution is 0.384. The van der Waals surface area contributed by atoms with E-state index in [1.165, 1.54) is 67.7 Å². The molecule has 0 N–H and O–H groups in total. The van der Waals surface area contributed by atoms with Gasteiger partial charge in [-0.1, -0.05) is 76.7 Å². The van der Waals surface area contributed by atoms with Gasteiger partial charge in [0.05, 0.1) is 26.5 Å². The molecule has 304 valence electrons. The van der Waals surface area contributed by atoms with Gasteiger partial charge in [-0.05, 0) is 54.6 Å². The minimum Gasteiger partial charge on any atom is -0.345 e. The molecule has 2 aromatic heterocycles. The molecule has 0 saturated carbocycles. The number of rotatable bonds is 8. The molecule has 10 nitrogen and oxygen atoms in total.